The van der Waals surface area contributed by atoms with E-state index in [4.69, 9.17) is 5.73 Å². The zero-order valence-electron chi connectivity index (χ0n) is 12.3. The minimum absolute atomic E-state index is 0. The molecule has 0 aromatic rings. The number of fused-ring (bicyclic) bond motifs is 1. The number of amides is 2. The van der Waals surface area contributed by atoms with Gasteiger partial charge >= 0.3 is 0 Å². The van der Waals surface area contributed by atoms with E-state index in [-0.39, 0.29) is 47.2 Å². The maximum atomic E-state index is 12.5. The zero-order valence-corrected chi connectivity index (χ0v) is 14.0. The molecule has 2 aliphatic heterocycles. The Morgan fingerprint density at radius 2 is 2.05 bits per heavy atom. The Labute approximate surface area is 136 Å². The van der Waals surface area contributed by atoms with Crippen LogP contribution in [0.15, 0.2) is 0 Å². The highest BCUT2D eigenvalue weighted by molar-refractivity contribution is 8.01. The number of hydrogen-bond donors (Lipinski definition) is 2. The Bertz CT molecular complexity index is 428. The van der Waals surface area contributed by atoms with Gasteiger partial charge in [-0.2, -0.15) is 0 Å². The van der Waals surface area contributed by atoms with Crippen LogP contribution in [0.1, 0.15) is 45.4 Å². The van der Waals surface area contributed by atoms with Gasteiger partial charge in [0.2, 0.25) is 11.8 Å². The van der Waals surface area contributed by atoms with Crippen molar-refractivity contribution in [3.05, 3.63) is 0 Å². The average Bonchev–Trinajstić information content (AvgIpc) is 2.90. The molecule has 3 fully saturated rings. The lowest BCUT2D eigenvalue weighted by atomic mass is 9.91. The lowest BCUT2D eigenvalue weighted by molar-refractivity contribution is -0.138. The van der Waals surface area contributed by atoms with Gasteiger partial charge in [-0.25, -0.2) is 0 Å². The van der Waals surface area contributed by atoms with Gasteiger partial charge in [0.15, 0.2) is 0 Å². The minimum atomic E-state index is -0.282. The summed E-state index contributed by atoms with van der Waals surface area (Å²) in [5.41, 5.74) is 5.89. The van der Waals surface area contributed by atoms with Gasteiger partial charge in [-0.3, -0.25) is 9.59 Å². The second-order valence-corrected chi connectivity index (χ2v) is 7.89. The molecule has 0 aromatic carbocycles. The normalized spacial score (nSPS) is 38.9. The molecule has 1 saturated carbocycles. The van der Waals surface area contributed by atoms with Crippen LogP contribution in [0.3, 0.4) is 0 Å². The number of nitrogens with two attached hydrogens (primary N) is 1. The zero-order chi connectivity index (χ0) is 14.3. The van der Waals surface area contributed by atoms with Crippen LogP contribution in [-0.4, -0.2) is 45.5 Å². The highest BCUT2D eigenvalue weighted by Gasteiger charge is 2.53. The quantitative estimate of drug-likeness (QED) is 0.797. The Kier molecular flexibility index (Phi) is 5.11. The van der Waals surface area contributed by atoms with Crippen molar-refractivity contribution < 1.29 is 9.59 Å². The molecule has 3 N–H and O–H groups in total. The third-order valence-electron chi connectivity index (χ3n) is 4.87. The minimum Gasteiger partial charge on any atom is -0.352 e. The first kappa shape index (κ1) is 16.9. The summed E-state index contributed by atoms with van der Waals surface area (Å²) < 4.78 is 0. The van der Waals surface area contributed by atoms with Crippen molar-refractivity contribution in [2.75, 3.05) is 5.75 Å². The lowest BCUT2D eigenvalue weighted by Gasteiger charge is -2.32. The smallest absolute Gasteiger partial charge is 0.243 e. The summed E-state index contributed by atoms with van der Waals surface area (Å²) in [6.07, 6.45) is 5.30. The van der Waals surface area contributed by atoms with Crippen molar-refractivity contribution >= 4 is 36.0 Å². The predicted octanol–water partition coefficient (Wildman–Crippen LogP) is 1.25. The van der Waals surface area contributed by atoms with E-state index in [1.165, 1.54) is 0 Å². The molecule has 7 heteroatoms. The standard InChI is InChI=1S/C14H23N3O2S.ClH/c1-14-7-6-12(18)17(14)11(8-20-14)13(19)16-10-4-2-9(15)3-5-10;/h9-11H,2-8,15H2,1H3,(H,16,19);1H. The monoisotopic (exact) mass is 333 g/mol. The molecule has 2 heterocycles. The van der Waals surface area contributed by atoms with Crippen LogP contribution in [0, 0.1) is 0 Å². The van der Waals surface area contributed by atoms with Crippen LogP contribution in [-0.2, 0) is 9.59 Å². The van der Waals surface area contributed by atoms with Crippen molar-refractivity contribution in [3.8, 4) is 0 Å². The number of carbonyl (C=O) groups excluding carboxylic acids is 2. The average molecular weight is 334 g/mol. The molecule has 0 aromatic heterocycles. The number of carbonyl (C=O) groups is 2. The van der Waals surface area contributed by atoms with Crippen molar-refractivity contribution in [2.24, 2.45) is 5.73 Å². The number of nitrogens with one attached hydrogen (secondary N) is 1. The molecule has 2 atom stereocenters. The summed E-state index contributed by atoms with van der Waals surface area (Å²) in [5, 5.41) is 3.13. The van der Waals surface area contributed by atoms with E-state index < -0.39 is 0 Å². The van der Waals surface area contributed by atoms with Gasteiger partial charge in [-0.1, -0.05) is 0 Å². The number of halogens is 1. The Hall–Kier alpha value is -0.460. The van der Waals surface area contributed by atoms with Crippen molar-refractivity contribution in [1.29, 1.82) is 0 Å². The van der Waals surface area contributed by atoms with Gasteiger partial charge in [0.05, 0.1) is 4.87 Å². The summed E-state index contributed by atoms with van der Waals surface area (Å²) in [7, 11) is 0. The first-order valence-corrected chi connectivity index (χ1v) is 8.50. The van der Waals surface area contributed by atoms with Gasteiger partial charge in [-0.05, 0) is 39.0 Å². The summed E-state index contributed by atoms with van der Waals surface area (Å²) in [6.45, 7) is 2.08. The van der Waals surface area contributed by atoms with E-state index in [0.29, 0.717) is 6.42 Å². The number of rotatable bonds is 2. The summed E-state index contributed by atoms with van der Waals surface area (Å²) in [4.78, 5) is 26.2. The topological polar surface area (TPSA) is 75.4 Å². The van der Waals surface area contributed by atoms with Crippen LogP contribution in [0.4, 0.5) is 0 Å². The Morgan fingerprint density at radius 3 is 2.71 bits per heavy atom. The SMILES string of the molecule is CC12CCC(=O)N1C(C(=O)NC1CCC(N)CC1)CS2.Cl. The van der Waals surface area contributed by atoms with Crippen molar-refractivity contribution in [1.82, 2.24) is 10.2 Å². The van der Waals surface area contributed by atoms with E-state index in [0.717, 1.165) is 37.9 Å². The van der Waals surface area contributed by atoms with Gasteiger partial charge < -0.3 is 16.0 Å². The number of thioether (sulfide) groups is 1. The van der Waals surface area contributed by atoms with Crippen molar-refractivity contribution in [2.45, 2.75) is 68.4 Å². The summed E-state index contributed by atoms with van der Waals surface area (Å²) >= 11 is 1.74. The van der Waals surface area contributed by atoms with Gasteiger partial charge in [-0.15, -0.1) is 24.2 Å². The van der Waals surface area contributed by atoms with Crippen LogP contribution >= 0.6 is 24.2 Å². The molecule has 2 amide bonds. The van der Waals surface area contributed by atoms with E-state index in [2.05, 4.69) is 12.2 Å². The van der Waals surface area contributed by atoms with Crippen LogP contribution in [0.25, 0.3) is 0 Å². The molecule has 5 nitrogen and oxygen atoms in total. The molecular weight excluding hydrogens is 310 g/mol. The second-order valence-electron chi connectivity index (χ2n) is 6.39. The molecule has 0 radical (unpaired) electrons. The lowest BCUT2D eigenvalue weighted by Crippen LogP contribution is -2.52. The Balaban J connectivity index is 0.00000161. The second kappa shape index (κ2) is 6.34. The molecule has 21 heavy (non-hydrogen) atoms. The fourth-order valence-electron chi connectivity index (χ4n) is 3.58. The molecule has 120 valence electrons. The fraction of sp³-hybridized carbons (Fsp3) is 0.857. The van der Waals surface area contributed by atoms with E-state index in [1.54, 1.807) is 11.8 Å². The third kappa shape index (κ3) is 3.17. The molecule has 2 unspecified atom stereocenters. The van der Waals surface area contributed by atoms with Gasteiger partial charge in [0, 0.05) is 24.3 Å². The largest absolute Gasteiger partial charge is 0.352 e. The molecule has 0 spiro atoms. The van der Waals surface area contributed by atoms with E-state index >= 15 is 0 Å². The summed E-state index contributed by atoms with van der Waals surface area (Å²) in [6, 6.07) is 0.237. The van der Waals surface area contributed by atoms with Gasteiger partial charge in [0.1, 0.15) is 6.04 Å². The first-order chi connectivity index (χ1) is 9.49. The van der Waals surface area contributed by atoms with E-state index in [1.807, 2.05) is 4.90 Å². The number of hydrogen-bond acceptors (Lipinski definition) is 4. The maximum Gasteiger partial charge on any atom is 0.243 e. The third-order valence-corrected chi connectivity index (χ3v) is 6.37. The predicted molar refractivity (Wildman–Crippen MR) is 86.4 cm³/mol. The van der Waals surface area contributed by atoms with Crippen LogP contribution in [0.5, 0.6) is 0 Å². The van der Waals surface area contributed by atoms with Crippen LogP contribution in [0.2, 0.25) is 0 Å². The fourth-order valence-corrected chi connectivity index (χ4v) is 5.01. The first-order valence-electron chi connectivity index (χ1n) is 7.52. The Morgan fingerprint density at radius 1 is 1.38 bits per heavy atom. The highest BCUT2D eigenvalue weighted by Crippen LogP contribution is 2.47. The molecule has 3 aliphatic rings. The maximum absolute atomic E-state index is 12.5. The molecule has 2 saturated heterocycles. The van der Waals surface area contributed by atoms with E-state index in [9.17, 15) is 9.59 Å². The molecule has 0 bridgehead atoms. The highest BCUT2D eigenvalue weighted by atomic mass is 35.5. The summed E-state index contributed by atoms with van der Waals surface area (Å²) in [5.74, 6) is 0.876. The van der Waals surface area contributed by atoms with Crippen LogP contribution < -0.4 is 11.1 Å². The molecule has 3 rings (SSSR count). The number of nitrogens with zero attached hydrogens (tertiary/aromatic N) is 1. The molecule has 1 aliphatic carbocycles. The van der Waals surface area contributed by atoms with Gasteiger partial charge in [0.25, 0.3) is 0 Å². The van der Waals surface area contributed by atoms with Crippen molar-refractivity contribution in [3.63, 3.8) is 0 Å². The molecular formula is C14H24ClN3O2S.